The molecule has 0 radical (unpaired) electrons. The second-order valence-corrected chi connectivity index (χ2v) is 9.33. The van der Waals surface area contributed by atoms with Gasteiger partial charge in [0, 0.05) is 50.9 Å². The Morgan fingerprint density at radius 1 is 1.19 bits per heavy atom. The van der Waals surface area contributed by atoms with E-state index in [1.54, 1.807) is 13.0 Å². The van der Waals surface area contributed by atoms with E-state index in [2.05, 4.69) is 24.1 Å². The topological polar surface area (TPSA) is 91.6 Å². The van der Waals surface area contributed by atoms with Gasteiger partial charge in [0.25, 0.3) is 5.91 Å². The number of anilines is 1. The first-order chi connectivity index (χ1) is 14.9. The Kier molecular flexibility index (Phi) is 6.50. The molecule has 0 atom stereocenters. The molecule has 1 saturated heterocycles. The van der Waals surface area contributed by atoms with Crippen molar-refractivity contribution in [2.75, 3.05) is 31.1 Å². The van der Waals surface area contributed by atoms with E-state index in [0.29, 0.717) is 35.8 Å². The Balaban J connectivity index is 1.42. The summed E-state index contributed by atoms with van der Waals surface area (Å²) in [4.78, 5) is 37.3. The first-order valence-electron chi connectivity index (χ1n) is 10.8. The predicted molar refractivity (Wildman–Crippen MR) is 119 cm³/mol. The van der Waals surface area contributed by atoms with Crippen LogP contribution in [0.2, 0.25) is 0 Å². The normalized spacial score (nSPS) is 16.6. The van der Waals surface area contributed by atoms with Crippen LogP contribution in [0.5, 0.6) is 0 Å². The SMILES string of the molecule is CC(=O)N1CCN(c2cc(C(C)C)nc(SCc3ccc(C(=O)NC4CC4)o3)n2)CC1. The Labute approximate surface area is 186 Å². The predicted octanol–water partition coefficient (Wildman–Crippen LogP) is 3.05. The molecule has 0 aromatic carbocycles. The van der Waals surface area contributed by atoms with Gasteiger partial charge in [-0.05, 0) is 30.9 Å². The molecular formula is C22H29N5O3S. The molecule has 31 heavy (non-hydrogen) atoms. The van der Waals surface area contributed by atoms with E-state index in [-0.39, 0.29) is 17.7 Å². The number of carbonyl (C=O) groups is 2. The summed E-state index contributed by atoms with van der Waals surface area (Å²) < 4.78 is 5.72. The van der Waals surface area contributed by atoms with Crippen molar-refractivity contribution in [2.45, 2.75) is 56.5 Å². The molecule has 1 N–H and O–H groups in total. The minimum Gasteiger partial charge on any atom is -0.455 e. The maximum Gasteiger partial charge on any atom is 0.287 e. The number of thioether (sulfide) groups is 1. The van der Waals surface area contributed by atoms with Crippen molar-refractivity contribution in [3.05, 3.63) is 35.4 Å². The molecule has 2 fully saturated rings. The highest BCUT2D eigenvalue weighted by atomic mass is 32.2. The minimum absolute atomic E-state index is 0.116. The van der Waals surface area contributed by atoms with Gasteiger partial charge in [-0.2, -0.15) is 0 Å². The van der Waals surface area contributed by atoms with Gasteiger partial charge in [-0.25, -0.2) is 9.97 Å². The number of nitrogens with zero attached hydrogens (tertiary/aromatic N) is 4. The first-order valence-corrected chi connectivity index (χ1v) is 11.8. The van der Waals surface area contributed by atoms with Crippen LogP contribution in [-0.4, -0.2) is 58.9 Å². The molecule has 4 rings (SSSR count). The number of hydrogen-bond acceptors (Lipinski definition) is 7. The van der Waals surface area contributed by atoms with E-state index in [1.165, 1.54) is 11.8 Å². The Hall–Kier alpha value is -2.55. The Morgan fingerprint density at radius 2 is 1.94 bits per heavy atom. The number of rotatable bonds is 7. The Bertz CT molecular complexity index is 948. The van der Waals surface area contributed by atoms with E-state index in [0.717, 1.165) is 43.2 Å². The number of amides is 2. The zero-order valence-corrected chi connectivity index (χ0v) is 19.1. The molecule has 2 aliphatic rings. The number of carbonyl (C=O) groups excluding carboxylic acids is 2. The van der Waals surface area contributed by atoms with E-state index in [4.69, 9.17) is 14.4 Å². The van der Waals surface area contributed by atoms with Crippen molar-refractivity contribution < 1.29 is 14.0 Å². The lowest BCUT2D eigenvalue weighted by atomic mass is 10.1. The molecule has 2 amide bonds. The average Bonchev–Trinajstić information content (AvgIpc) is 3.44. The second kappa shape index (κ2) is 9.30. The van der Waals surface area contributed by atoms with Gasteiger partial charge < -0.3 is 19.5 Å². The van der Waals surface area contributed by atoms with E-state index < -0.39 is 0 Å². The number of furan rings is 1. The fourth-order valence-electron chi connectivity index (χ4n) is 3.40. The lowest BCUT2D eigenvalue weighted by molar-refractivity contribution is -0.129. The molecule has 0 bridgehead atoms. The van der Waals surface area contributed by atoms with E-state index in [9.17, 15) is 9.59 Å². The highest BCUT2D eigenvalue weighted by molar-refractivity contribution is 7.98. The standard InChI is InChI=1S/C22H29N5O3S/c1-14(2)18-12-20(27-10-8-26(9-11-27)15(3)28)25-22(24-18)31-13-17-6-7-19(30-17)21(29)23-16-4-5-16/h6-7,12,14,16H,4-5,8-11,13H2,1-3H3,(H,23,29). The second-order valence-electron chi connectivity index (χ2n) is 8.38. The van der Waals surface area contributed by atoms with Gasteiger partial charge >= 0.3 is 0 Å². The molecule has 0 spiro atoms. The largest absolute Gasteiger partial charge is 0.455 e. The molecule has 2 aromatic rings. The molecular weight excluding hydrogens is 414 g/mol. The third-order valence-electron chi connectivity index (χ3n) is 5.49. The number of aromatic nitrogens is 2. The summed E-state index contributed by atoms with van der Waals surface area (Å²) in [5, 5.41) is 3.63. The smallest absolute Gasteiger partial charge is 0.287 e. The van der Waals surface area contributed by atoms with Crippen LogP contribution in [0.3, 0.4) is 0 Å². The van der Waals surface area contributed by atoms with Crippen LogP contribution in [0.15, 0.2) is 27.8 Å². The van der Waals surface area contributed by atoms with E-state index in [1.807, 2.05) is 17.0 Å². The van der Waals surface area contributed by atoms with Gasteiger partial charge in [0.05, 0.1) is 5.75 Å². The van der Waals surface area contributed by atoms with E-state index >= 15 is 0 Å². The highest BCUT2D eigenvalue weighted by Gasteiger charge is 2.25. The summed E-state index contributed by atoms with van der Waals surface area (Å²) >= 11 is 1.50. The van der Waals surface area contributed by atoms with Crippen LogP contribution >= 0.6 is 11.8 Å². The maximum absolute atomic E-state index is 12.1. The van der Waals surface area contributed by atoms with Crippen molar-refractivity contribution in [2.24, 2.45) is 0 Å². The molecule has 3 heterocycles. The summed E-state index contributed by atoms with van der Waals surface area (Å²) in [5.74, 6) is 2.77. The third-order valence-corrected chi connectivity index (χ3v) is 6.36. The van der Waals surface area contributed by atoms with Gasteiger partial charge in [-0.3, -0.25) is 9.59 Å². The number of hydrogen-bond donors (Lipinski definition) is 1. The first kappa shape index (κ1) is 21.7. The van der Waals surface area contributed by atoms with Crippen molar-refractivity contribution >= 4 is 29.4 Å². The van der Waals surface area contributed by atoms with Gasteiger partial charge in [0.1, 0.15) is 11.6 Å². The summed E-state index contributed by atoms with van der Waals surface area (Å²) in [7, 11) is 0. The monoisotopic (exact) mass is 443 g/mol. The van der Waals surface area contributed by atoms with Crippen LogP contribution < -0.4 is 10.2 Å². The van der Waals surface area contributed by atoms with Crippen LogP contribution in [-0.2, 0) is 10.5 Å². The van der Waals surface area contributed by atoms with Gasteiger partial charge in [-0.15, -0.1) is 0 Å². The van der Waals surface area contributed by atoms with Crippen molar-refractivity contribution in [1.29, 1.82) is 0 Å². The highest BCUT2D eigenvalue weighted by Crippen LogP contribution is 2.27. The molecule has 166 valence electrons. The molecule has 0 unspecified atom stereocenters. The third kappa shape index (κ3) is 5.58. The van der Waals surface area contributed by atoms with Gasteiger partial charge in [-0.1, -0.05) is 25.6 Å². The lowest BCUT2D eigenvalue weighted by Gasteiger charge is -2.35. The molecule has 1 saturated carbocycles. The summed E-state index contributed by atoms with van der Waals surface area (Å²) in [6, 6.07) is 5.91. The number of nitrogens with one attached hydrogen (secondary N) is 1. The van der Waals surface area contributed by atoms with Crippen molar-refractivity contribution in [1.82, 2.24) is 20.2 Å². The van der Waals surface area contributed by atoms with Gasteiger partial charge in [0.2, 0.25) is 5.91 Å². The van der Waals surface area contributed by atoms with Crippen LogP contribution in [0.25, 0.3) is 0 Å². The molecule has 9 heteroatoms. The summed E-state index contributed by atoms with van der Waals surface area (Å²) in [6.45, 7) is 8.78. The van der Waals surface area contributed by atoms with Crippen LogP contribution in [0.4, 0.5) is 5.82 Å². The Morgan fingerprint density at radius 3 is 2.58 bits per heavy atom. The summed E-state index contributed by atoms with van der Waals surface area (Å²) in [5.41, 5.74) is 0.991. The fraction of sp³-hybridized carbons (Fsp3) is 0.545. The molecule has 2 aromatic heterocycles. The maximum atomic E-state index is 12.1. The average molecular weight is 444 g/mol. The van der Waals surface area contributed by atoms with Gasteiger partial charge in [0.15, 0.2) is 10.9 Å². The van der Waals surface area contributed by atoms with Crippen LogP contribution in [0, 0.1) is 0 Å². The lowest BCUT2D eigenvalue weighted by Crippen LogP contribution is -2.48. The van der Waals surface area contributed by atoms with Crippen LogP contribution in [0.1, 0.15) is 61.5 Å². The number of piperazine rings is 1. The molecule has 8 nitrogen and oxygen atoms in total. The van der Waals surface area contributed by atoms with Crippen molar-refractivity contribution in [3.63, 3.8) is 0 Å². The zero-order valence-electron chi connectivity index (χ0n) is 18.3. The quantitative estimate of drug-likeness (QED) is 0.519. The zero-order chi connectivity index (χ0) is 22.0. The minimum atomic E-state index is -0.149. The van der Waals surface area contributed by atoms with Crippen molar-refractivity contribution in [3.8, 4) is 0 Å². The summed E-state index contributed by atoms with van der Waals surface area (Å²) in [6.07, 6.45) is 2.09. The molecule has 1 aliphatic heterocycles. The fourth-order valence-corrected chi connectivity index (χ4v) is 4.15. The molecule has 1 aliphatic carbocycles.